The minimum atomic E-state index is -0.906. The zero-order valence-corrected chi connectivity index (χ0v) is 9.82. The molecule has 1 rings (SSSR count). The molecule has 0 aliphatic carbocycles. The van der Waals surface area contributed by atoms with E-state index in [1.807, 2.05) is 6.07 Å². The molecule has 0 aliphatic rings. The van der Waals surface area contributed by atoms with E-state index in [0.717, 1.165) is 19.3 Å². The maximum absolute atomic E-state index is 10.9. The van der Waals surface area contributed by atoms with Gasteiger partial charge < -0.3 is 9.84 Å². The van der Waals surface area contributed by atoms with Crippen LogP contribution < -0.4 is 4.74 Å². The van der Waals surface area contributed by atoms with Crippen molar-refractivity contribution < 1.29 is 14.6 Å². The molecule has 1 aromatic carbocycles. The fourth-order valence-corrected chi connectivity index (χ4v) is 1.54. The number of unbranched alkanes of at least 4 members (excludes halogenated alkanes) is 2. The third-order valence-corrected chi connectivity index (χ3v) is 2.52. The summed E-state index contributed by atoms with van der Waals surface area (Å²) in [5.41, 5.74) is 1.01. The normalized spacial score (nSPS) is 9.53. The van der Waals surface area contributed by atoms with E-state index in [-0.39, 0.29) is 23.1 Å². The molecule has 1 N–H and O–H groups in total. The quantitative estimate of drug-likeness (QED) is 0.621. The largest absolute Gasteiger partial charge is 0.493 e. The Labute approximate surface area is 118 Å². The van der Waals surface area contributed by atoms with Crippen molar-refractivity contribution in [2.75, 3.05) is 6.61 Å². The number of carboxylic acids is 1. The maximum atomic E-state index is 10.9. The first kappa shape index (κ1) is 16.3. The van der Waals surface area contributed by atoms with Crippen LogP contribution in [-0.4, -0.2) is 40.7 Å². The van der Waals surface area contributed by atoms with Crippen molar-refractivity contribution in [3.63, 3.8) is 0 Å². The molecule has 0 saturated heterocycles. The second-order valence-electron chi connectivity index (χ2n) is 3.79. The minimum Gasteiger partial charge on any atom is -0.493 e. The summed E-state index contributed by atoms with van der Waals surface area (Å²) in [6.45, 7) is 4.56. The number of aromatic carboxylic acids is 1. The molecule has 0 radical (unpaired) electrons. The summed E-state index contributed by atoms with van der Waals surface area (Å²) in [6.07, 6.45) is 3.29. The van der Waals surface area contributed by atoms with Crippen molar-refractivity contribution in [1.29, 1.82) is 0 Å². The maximum Gasteiger partial charge on any atom is 0.336 e. The summed E-state index contributed by atoms with van der Waals surface area (Å²) in [7, 11) is 0. The molecule has 17 heavy (non-hydrogen) atoms. The van der Waals surface area contributed by atoms with Gasteiger partial charge in [-0.15, -0.1) is 0 Å². The molecular formula is C13H20MgO3. The van der Waals surface area contributed by atoms with Crippen molar-refractivity contribution in [3.05, 3.63) is 29.3 Å². The van der Waals surface area contributed by atoms with E-state index in [9.17, 15) is 4.79 Å². The van der Waals surface area contributed by atoms with Gasteiger partial charge in [0.05, 0.1) is 12.2 Å². The zero-order valence-electron chi connectivity index (χ0n) is 9.82. The predicted molar refractivity (Wildman–Crippen MR) is 71.7 cm³/mol. The Morgan fingerprint density at radius 1 is 1.35 bits per heavy atom. The van der Waals surface area contributed by atoms with E-state index >= 15 is 0 Å². The van der Waals surface area contributed by atoms with E-state index < -0.39 is 5.97 Å². The van der Waals surface area contributed by atoms with Crippen LogP contribution >= 0.6 is 0 Å². The summed E-state index contributed by atoms with van der Waals surface area (Å²) in [5, 5.41) is 8.94. The van der Waals surface area contributed by atoms with Crippen LogP contribution in [0.1, 0.15) is 42.1 Å². The Kier molecular flexibility index (Phi) is 8.00. The average Bonchev–Trinajstić information content (AvgIpc) is 2.26. The number of hydrogen-bond acceptors (Lipinski definition) is 2. The van der Waals surface area contributed by atoms with E-state index in [1.165, 1.54) is 0 Å². The second kappa shape index (κ2) is 8.36. The van der Waals surface area contributed by atoms with Crippen LogP contribution in [0.4, 0.5) is 0 Å². The number of carbonyl (C=O) groups is 1. The van der Waals surface area contributed by atoms with Gasteiger partial charge in [-0.05, 0) is 25.5 Å². The standard InChI is InChI=1S/C13H18O3.Mg.2H/c1-3-4-5-9-16-12-8-6-7-11(10(12)2)13(14)15;;;/h6-8H,3-5,9H2,1-2H3,(H,14,15);;;. The molecule has 92 valence electrons. The molecule has 1 aromatic rings. The lowest BCUT2D eigenvalue weighted by atomic mass is 10.1. The topological polar surface area (TPSA) is 46.5 Å². The molecule has 0 atom stereocenters. The van der Waals surface area contributed by atoms with Gasteiger partial charge in [0, 0.05) is 5.56 Å². The Morgan fingerprint density at radius 3 is 2.65 bits per heavy atom. The number of rotatable bonds is 6. The van der Waals surface area contributed by atoms with E-state index in [1.54, 1.807) is 19.1 Å². The number of ether oxygens (including phenoxy) is 1. The summed E-state index contributed by atoms with van der Waals surface area (Å²) in [4.78, 5) is 10.9. The van der Waals surface area contributed by atoms with Gasteiger partial charge in [0.25, 0.3) is 0 Å². The van der Waals surface area contributed by atoms with E-state index in [0.29, 0.717) is 23.5 Å². The van der Waals surface area contributed by atoms with Crippen LogP contribution in [0.15, 0.2) is 18.2 Å². The lowest BCUT2D eigenvalue weighted by molar-refractivity contribution is 0.0695. The van der Waals surface area contributed by atoms with Gasteiger partial charge in [-0.3, -0.25) is 0 Å². The van der Waals surface area contributed by atoms with Gasteiger partial charge in [-0.25, -0.2) is 4.79 Å². The Bertz CT molecular complexity index is 364. The molecule has 0 aliphatic heterocycles. The molecule has 0 aromatic heterocycles. The lowest BCUT2D eigenvalue weighted by Crippen LogP contribution is -2.04. The fourth-order valence-electron chi connectivity index (χ4n) is 1.54. The highest BCUT2D eigenvalue weighted by Crippen LogP contribution is 2.21. The van der Waals surface area contributed by atoms with Crippen molar-refractivity contribution in [2.24, 2.45) is 0 Å². The SMILES string of the molecule is CCCCCOc1cccc(C(=O)O)c1C.[MgH2]. The Hall–Kier alpha value is -0.744. The summed E-state index contributed by atoms with van der Waals surface area (Å²) in [6, 6.07) is 5.12. The highest BCUT2D eigenvalue weighted by atomic mass is 24.3. The molecule has 0 amide bonds. The molecule has 0 unspecified atom stereocenters. The summed E-state index contributed by atoms with van der Waals surface area (Å²) in [5.74, 6) is -0.229. The van der Waals surface area contributed by atoms with Gasteiger partial charge in [-0.2, -0.15) is 0 Å². The molecule has 0 saturated carbocycles. The first-order valence-electron chi connectivity index (χ1n) is 5.62. The van der Waals surface area contributed by atoms with Crippen molar-refractivity contribution in [2.45, 2.75) is 33.1 Å². The number of benzene rings is 1. The van der Waals surface area contributed by atoms with E-state index in [2.05, 4.69) is 6.92 Å². The average molecular weight is 249 g/mol. The predicted octanol–water partition coefficient (Wildman–Crippen LogP) is 2.35. The number of carboxylic acid groups (broad SMARTS) is 1. The van der Waals surface area contributed by atoms with Crippen molar-refractivity contribution >= 4 is 29.0 Å². The first-order valence-corrected chi connectivity index (χ1v) is 5.62. The monoisotopic (exact) mass is 248 g/mol. The van der Waals surface area contributed by atoms with Crippen LogP contribution in [0.25, 0.3) is 0 Å². The number of hydrogen-bond donors (Lipinski definition) is 1. The van der Waals surface area contributed by atoms with Gasteiger partial charge in [-0.1, -0.05) is 25.8 Å². The molecule has 0 bridgehead atoms. The Morgan fingerprint density at radius 2 is 2.06 bits per heavy atom. The van der Waals surface area contributed by atoms with Crippen LogP contribution in [0.2, 0.25) is 0 Å². The summed E-state index contributed by atoms with van der Waals surface area (Å²) >= 11 is 0. The second-order valence-corrected chi connectivity index (χ2v) is 3.79. The van der Waals surface area contributed by atoms with Crippen LogP contribution in [-0.2, 0) is 0 Å². The third-order valence-electron chi connectivity index (χ3n) is 2.52. The zero-order chi connectivity index (χ0) is 12.0. The highest BCUT2D eigenvalue weighted by molar-refractivity contribution is 5.90. The lowest BCUT2D eigenvalue weighted by Gasteiger charge is -2.10. The summed E-state index contributed by atoms with van der Waals surface area (Å²) < 4.78 is 5.57. The smallest absolute Gasteiger partial charge is 0.336 e. The van der Waals surface area contributed by atoms with Gasteiger partial charge in [0.2, 0.25) is 0 Å². The van der Waals surface area contributed by atoms with E-state index in [4.69, 9.17) is 9.84 Å². The van der Waals surface area contributed by atoms with Gasteiger partial charge in [0.15, 0.2) is 0 Å². The fraction of sp³-hybridized carbons (Fsp3) is 0.462. The first-order chi connectivity index (χ1) is 7.66. The highest BCUT2D eigenvalue weighted by Gasteiger charge is 2.10. The Balaban J connectivity index is 0.00000256. The van der Waals surface area contributed by atoms with Crippen LogP contribution in [0, 0.1) is 6.92 Å². The van der Waals surface area contributed by atoms with Gasteiger partial charge >= 0.3 is 29.0 Å². The van der Waals surface area contributed by atoms with Gasteiger partial charge in [0.1, 0.15) is 5.75 Å². The van der Waals surface area contributed by atoms with Crippen LogP contribution in [0.5, 0.6) is 5.75 Å². The van der Waals surface area contributed by atoms with Crippen molar-refractivity contribution in [3.8, 4) is 5.75 Å². The van der Waals surface area contributed by atoms with Crippen molar-refractivity contribution in [1.82, 2.24) is 0 Å². The minimum absolute atomic E-state index is 0. The molecule has 0 heterocycles. The third kappa shape index (κ3) is 4.96. The molecule has 3 nitrogen and oxygen atoms in total. The molecule has 0 fully saturated rings. The molecular weight excluding hydrogens is 228 g/mol. The molecule has 4 heteroatoms. The molecule has 0 spiro atoms. The van der Waals surface area contributed by atoms with Crippen LogP contribution in [0.3, 0.4) is 0 Å².